The Morgan fingerprint density at radius 3 is 2.38 bits per heavy atom. The Morgan fingerprint density at radius 1 is 1.19 bits per heavy atom. The minimum absolute atomic E-state index is 0.330. The van der Waals surface area contributed by atoms with Gasteiger partial charge in [-0.05, 0) is 31.9 Å². The van der Waals surface area contributed by atoms with E-state index in [9.17, 15) is 0 Å². The average molecular weight is 220 g/mol. The van der Waals surface area contributed by atoms with Crippen molar-refractivity contribution in [1.29, 1.82) is 0 Å². The van der Waals surface area contributed by atoms with Gasteiger partial charge in [0.2, 0.25) is 0 Å². The molecule has 1 aromatic rings. The molecular formula is C14H24N2. The van der Waals surface area contributed by atoms with Crippen LogP contribution in [0.25, 0.3) is 0 Å². The first-order valence-electron chi connectivity index (χ1n) is 6.36. The van der Waals surface area contributed by atoms with Crippen LogP contribution >= 0.6 is 0 Å². The second-order valence-electron chi connectivity index (χ2n) is 4.51. The highest BCUT2D eigenvalue weighted by atomic mass is 15.0. The molecule has 2 atom stereocenters. The van der Waals surface area contributed by atoms with Gasteiger partial charge >= 0.3 is 0 Å². The fraction of sp³-hybridized carbons (Fsp3) is 0.643. The Balaban J connectivity index is 2.54. The van der Waals surface area contributed by atoms with Gasteiger partial charge in [-0.25, -0.2) is 0 Å². The molecule has 0 aliphatic carbocycles. The molecule has 1 heterocycles. The van der Waals surface area contributed by atoms with Gasteiger partial charge in [-0.15, -0.1) is 0 Å². The average Bonchev–Trinajstić information content (AvgIpc) is 2.31. The van der Waals surface area contributed by atoms with Crippen molar-refractivity contribution in [1.82, 2.24) is 10.3 Å². The van der Waals surface area contributed by atoms with Gasteiger partial charge in [-0.3, -0.25) is 4.98 Å². The van der Waals surface area contributed by atoms with Crippen molar-refractivity contribution in [3.63, 3.8) is 0 Å². The smallest absolute Gasteiger partial charge is 0.0570 e. The van der Waals surface area contributed by atoms with Crippen molar-refractivity contribution < 1.29 is 0 Å². The summed E-state index contributed by atoms with van der Waals surface area (Å²) in [5.74, 6) is 0.756. The van der Waals surface area contributed by atoms with E-state index in [1.165, 1.54) is 12.8 Å². The van der Waals surface area contributed by atoms with Crippen LogP contribution in [0.1, 0.15) is 52.3 Å². The summed E-state index contributed by atoms with van der Waals surface area (Å²) >= 11 is 0. The van der Waals surface area contributed by atoms with Crippen molar-refractivity contribution in [2.45, 2.75) is 52.6 Å². The third kappa shape index (κ3) is 3.60. The van der Waals surface area contributed by atoms with E-state index >= 15 is 0 Å². The summed E-state index contributed by atoms with van der Waals surface area (Å²) in [6.07, 6.45) is 4.33. The van der Waals surface area contributed by atoms with Crippen molar-refractivity contribution >= 4 is 0 Å². The van der Waals surface area contributed by atoms with Crippen molar-refractivity contribution in [2.75, 3.05) is 0 Å². The number of pyridine rings is 1. The molecule has 0 saturated carbocycles. The molecule has 90 valence electrons. The Bertz CT molecular complexity index is 280. The van der Waals surface area contributed by atoms with Crippen LogP contribution in [0.4, 0.5) is 0 Å². The topological polar surface area (TPSA) is 24.9 Å². The van der Waals surface area contributed by atoms with E-state index < -0.39 is 0 Å². The molecule has 0 aliphatic heterocycles. The van der Waals surface area contributed by atoms with Gasteiger partial charge < -0.3 is 5.32 Å². The monoisotopic (exact) mass is 220 g/mol. The minimum Gasteiger partial charge on any atom is -0.306 e. The summed E-state index contributed by atoms with van der Waals surface area (Å²) in [4.78, 5) is 4.38. The van der Waals surface area contributed by atoms with Gasteiger partial charge in [0.25, 0.3) is 0 Å². The van der Waals surface area contributed by atoms with Crippen molar-refractivity contribution in [3.05, 3.63) is 30.1 Å². The molecule has 16 heavy (non-hydrogen) atoms. The number of hydrogen-bond acceptors (Lipinski definition) is 2. The van der Waals surface area contributed by atoms with Gasteiger partial charge in [-0.2, -0.15) is 0 Å². The van der Waals surface area contributed by atoms with E-state index in [0.29, 0.717) is 12.1 Å². The number of aromatic nitrogens is 1. The molecule has 0 saturated heterocycles. The molecule has 2 heteroatoms. The first kappa shape index (κ1) is 13.2. The number of rotatable bonds is 6. The molecule has 0 bridgehead atoms. The molecule has 0 radical (unpaired) electrons. The second kappa shape index (κ2) is 6.64. The normalized spacial score (nSPS) is 15.1. The summed E-state index contributed by atoms with van der Waals surface area (Å²) in [6.45, 7) is 8.98. The second-order valence-corrected chi connectivity index (χ2v) is 4.51. The predicted molar refractivity (Wildman–Crippen MR) is 69.3 cm³/mol. The maximum absolute atomic E-state index is 4.38. The van der Waals surface area contributed by atoms with E-state index in [-0.39, 0.29) is 0 Å². The van der Waals surface area contributed by atoms with Crippen LogP contribution in [-0.4, -0.2) is 11.0 Å². The lowest BCUT2D eigenvalue weighted by atomic mass is 9.95. The zero-order valence-corrected chi connectivity index (χ0v) is 10.9. The predicted octanol–water partition coefficient (Wildman–Crippen LogP) is 3.56. The fourth-order valence-corrected chi connectivity index (χ4v) is 2.24. The molecule has 2 unspecified atom stereocenters. The number of hydrogen-bond donors (Lipinski definition) is 1. The standard InChI is InChI=1S/C14H24N2/c1-5-13(6-2)11(3)16-12(4)14-9-7-8-10-15-14/h7-13,16H,5-6H2,1-4H3. The Hall–Kier alpha value is -0.890. The third-order valence-electron chi connectivity index (χ3n) is 3.40. The highest BCUT2D eigenvalue weighted by Gasteiger charge is 2.16. The molecular weight excluding hydrogens is 196 g/mol. The Morgan fingerprint density at radius 2 is 1.88 bits per heavy atom. The van der Waals surface area contributed by atoms with Crippen LogP contribution in [0, 0.1) is 5.92 Å². The molecule has 1 aromatic heterocycles. The van der Waals surface area contributed by atoms with Crippen molar-refractivity contribution in [3.8, 4) is 0 Å². The molecule has 0 spiro atoms. The zero-order chi connectivity index (χ0) is 12.0. The summed E-state index contributed by atoms with van der Waals surface area (Å²) in [5, 5.41) is 3.64. The maximum atomic E-state index is 4.38. The van der Waals surface area contributed by atoms with Crippen LogP contribution in [0.3, 0.4) is 0 Å². The van der Waals surface area contributed by atoms with Gasteiger partial charge in [-0.1, -0.05) is 32.8 Å². The maximum Gasteiger partial charge on any atom is 0.0570 e. The quantitative estimate of drug-likeness (QED) is 0.793. The van der Waals surface area contributed by atoms with Crippen molar-refractivity contribution in [2.24, 2.45) is 5.92 Å². The Kier molecular flexibility index (Phi) is 5.47. The van der Waals surface area contributed by atoms with Gasteiger partial charge in [0.1, 0.15) is 0 Å². The molecule has 1 rings (SSSR count). The summed E-state index contributed by atoms with van der Waals surface area (Å²) in [7, 11) is 0. The van der Waals surface area contributed by atoms with Crippen LogP contribution in [0.15, 0.2) is 24.4 Å². The lowest BCUT2D eigenvalue weighted by Gasteiger charge is -2.26. The molecule has 0 aromatic carbocycles. The largest absolute Gasteiger partial charge is 0.306 e. The van der Waals surface area contributed by atoms with E-state index in [0.717, 1.165) is 11.6 Å². The van der Waals surface area contributed by atoms with Crippen LogP contribution in [0.5, 0.6) is 0 Å². The zero-order valence-electron chi connectivity index (χ0n) is 10.9. The van der Waals surface area contributed by atoms with Gasteiger partial charge in [0.15, 0.2) is 0 Å². The Labute approximate surface area is 99.5 Å². The minimum atomic E-state index is 0.330. The highest BCUT2D eigenvalue weighted by Crippen LogP contribution is 2.17. The SMILES string of the molecule is CCC(CC)C(C)NC(C)c1ccccn1. The van der Waals surface area contributed by atoms with E-state index in [1.807, 2.05) is 18.3 Å². The van der Waals surface area contributed by atoms with Crippen LogP contribution in [0.2, 0.25) is 0 Å². The highest BCUT2D eigenvalue weighted by molar-refractivity contribution is 5.07. The molecule has 0 aliphatic rings. The first-order chi connectivity index (χ1) is 7.69. The van der Waals surface area contributed by atoms with Gasteiger partial charge in [0, 0.05) is 18.3 Å². The van der Waals surface area contributed by atoms with Crippen LogP contribution in [-0.2, 0) is 0 Å². The van der Waals surface area contributed by atoms with E-state index in [1.54, 1.807) is 0 Å². The fourth-order valence-electron chi connectivity index (χ4n) is 2.24. The lowest BCUT2D eigenvalue weighted by Crippen LogP contribution is -2.35. The molecule has 0 fully saturated rings. The third-order valence-corrected chi connectivity index (χ3v) is 3.40. The van der Waals surface area contributed by atoms with E-state index in [2.05, 4.69) is 44.1 Å². The number of nitrogens with zero attached hydrogens (tertiary/aromatic N) is 1. The summed E-state index contributed by atoms with van der Waals surface area (Å²) < 4.78 is 0. The molecule has 1 N–H and O–H groups in total. The van der Waals surface area contributed by atoms with E-state index in [4.69, 9.17) is 0 Å². The molecule has 2 nitrogen and oxygen atoms in total. The van der Waals surface area contributed by atoms with Crippen LogP contribution < -0.4 is 5.32 Å². The van der Waals surface area contributed by atoms with Gasteiger partial charge in [0.05, 0.1) is 5.69 Å². The molecule has 0 amide bonds. The summed E-state index contributed by atoms with van der Waals surface area (Å²) in [6, 6.07) is 6.96. The number of nitrogens with one attached hydrogen (secondary N) is 1. The first-order valence-corrected chi connectivity index (χ1v) is 6.36. The summed E-state index contributed by atoms with van der Waals surface area (Å²) in [5.41, 5.74) is 1.13. The lowest BCUT2D eigenvalue weighted by molar-refractivity contribution is 0.328.